The lowest BCUT2D eigenvalue weighted by Crippen LogP contribution is -2.37. The van der Waals surface area contributed by atoms with E-state index < -0.39 is 10.3 Å². The minimum absolute atomic E-state index is 0.0419. The molecule has 5 nitrogen and oxygen atoms in total. The van der Waals surface area contributed by atoms with Crippen molar-refractivity contribution >= 4 is 33.2 Å². The minimum atomic E-state index is -0.609. The van der Waals surface area contributed by atoms with Gasteiger partial charge in [0.15, 0.2) is 0 Å². The van der Waals surface area contributed by atoms with Crippen molar-refractivity contribution in [3.8, 4) is 0 Å². The van der Waals surface area contributed by atoms with Gasteiger partial charge in [0, 0.05) is 22.3 Å². The van der Waals surface area contributed by atoms with Gasteiger partial charge in [-0.2, -0.15) is 0 Å². The number of halogens is 1. The van der Waals surface area contributed by atoms with Crippen LogP contribution in [-0.4, -0.2) is 10.8 Å². The third kappa shape index (κ3) is 3.19. The van der Waals surface area contributed by atoms with E-state index in [0.717, 1.165) is 41.4 Å². The Morgan fingerprint density at radius 1 is 1.04 bits per heavy atom. The second-order valence-electron chi connectivity index (χ2n) is 6.05. The van der Waals surface area contributed by atoms with Crippen LogP contribution in [0.3, 0.4) is 0 Å². The van der Waals surface area contributed by atoms with E-state index in [1.54, 1.807) is 12.1 Å². The van der Waals surface area contributed by atoms with Crippen LogP contribution in [0.25, 0.3) is 0 Å². The molecule has 0 spiro atoms. The molecule has 0 radical (unpaired) electrons. The predicted molar refractivity (Wildman–Crippen MR) is 96.0 cm³/mol. The van der Waals surface area contributed by atoms with Gasteiger partial charge in [-0.3, -0.25) is 14.9 Å². The van der Waals surface area contributed by atoms with Crippen molar-refractivity contribution in [1.82, 2.24) is 0 Å². The molecule has 0 saturated heterocycles. The van der Waals surface area contributed by atoms with Crippen LogP contribution in [0.5, 0.6) is 0 Å². The summed E-state index contributed by atoms with van der Waals surface area (Å²) in [4.78, 5) is 23.4. The van der Waals surface area contributed by atoms with Crippen molar-refractivity contribution in [3.63, 3.8) is 0 Å². The smallest absolute Gasteiger partial charge is 0.269 e. The number of nitro benzene ring substituents is 1. The van der Waals surface area contributed by atoms with E-state index in [9.17, 15) is 14.9 Å². The number of hydrogen-bond donors (Lipinski definition) is 1. The highest BCUT2D eigenvalue weighted by Gasteiger charge is 2.42. The monoisotopic (exact) mass is 388 g/mol. The van der Waals surface area contributed by atoms with Crippen molar-refractivity contribution in [3.05, 3.63) is 68.7 Å². The van der Waals surface area contributed by atoms with Crippen LogP contribution in [0.2, 0.25) is 0 Å². The topological polar surface area (TPSA) is 72.2 Å². The lowest BCUT2D eigenvalue weighted by Gasteiger charge is -2.28. The first-order valence-electron chi connectivity index (χ1n) is 7.83. The molecule has 2 aromatic carbocycles. The summed E-state index contributed by atoms with van der Waals surface area (Å²) in [6, 6.07) is 13.8. The van der Waals surface area contributed by atoms with Crippen LogP contribution in [0.15, 0.2) is 53.0 Å². The summed E-state index contributed by atoms with van der Waals surface area (Å²) in [5.74, 6) is -0.0452. The SMILES string of the molecule is O=C(Nc1ccc(Br)cc1)C1(c2ccc([N+](=O)[O-])cc2)CCCC1. The second kappa shape index (κ2) is 6.73. The summed E-state index contributed by atoms with van der Waals surface area (Å²) >= 11 is 3.38. The van der Waals surface area contributed by atoms with Gasteiger partial charge in [-0.05, 0) is 42.7 Å². The summed E-state index contributed by atoms with van der Waals surface area (Å²) in [6.45, 7) is 0. The fourth-order valence-electron chi connectivity index (χ4n) is 3.31. The highest BCUT2D eigenvalue weighted by molar-refractivity contribution is 9.10. The number of non-ortho nitro benzene ring substituents is 1. The Morgan fingerprint density at radius 3 is 2.17 bits per heavy atom. The molecule has 1 aliphatic rings. The molecule has 1 amide bonds. The van der Waals surface area contributed by atoms with Gasteiger partial charge in [0.05, 0.1) is 10.3 Å². The van der Waals surface area contributed by atoms with Crippen LogP contribution < -0.4 is 5.32 Å². The van der Waals surface area contributed by atoms with Crippen molar-refractivity contribution in [1.29, 1.82) is 0 Å². The molecule has 3 rings (SSSR count). The fraction of sp³-hybridized carbons (Fsp3) is 0.278. The maximum Gasteiger partial charge on any atom is 0.269 e. The summed E-state index contributed by atoms with van der Waals surface area (Å²) < 4.78 is 0.950. The van der Waals surface area contributed by atoms with E-state index in [1.165, 1.54) is 12.1 Å². The second-order valence-corrected chi connectivity index (χ2v) is 6.97. The fourth-order valence-corrected chi connectivity index (χ4v) is 3.58. The molecular formula is C18H17BrN2O3. The number of hydrogen-bond acceptors (Lipinski definition) is 3. The van der Waals surface area contributed by atoms with Crippen LogP contribution >= 0.6 is 15.9 Å². The number of nitrogens with zero attached hydrogens (tertiary/aromatic N) is 1. The average Bonchev–Trinajstić information content (AvgIpc) is 3.08. The van der Waals surface area contributed by atoms with Gasteiger partial charge in [-0.25, -0.2) is 0 Å². The third-order valence-electron chi connectivity index (χ3n) is 4.62. The van der Waals surface area contributed by atoms with Crippen molar-refractivity contribution in [2.75, 3.05) is 5.32 Å². The Hall–Kier alpha value is -2.21. The van der Waals surface area contributed by atoms with Crippen molar-refractivity contribution in [2.45, 2.75) is 31.1 Å². The molecule has 0 heterocycles. The van der Waals surface area contributed by atoms with E-state index in [0.29, 0.717) is 0 Å². The zero-order chi connectivity index (χ0) is 17.2. The molecule has 0 aliphatic heterocycles. The lowest BCUT2D eigenvalue weighted by molar-refractivity contribution is -0.384. The van der Waals surface area contributed by atoms with Crippen LogP contribution in [0.1, 0.15) is 31.2 Å². The molecule has 0 bridgehead atoms. The minimum Gasteiger partial charge on any atom is -0.325 e. The molecule has 24 heavy (non-hydrogen) atoms. The molecular weight excluding hydrogens is 372 g/mol. The largest absolute Gasteiger partial charge is 0.325 e. The number of rotatable bonds is 4. The molecule has 0 atom stereocenters. The van der Waals surface area contributed by atoms with E-state index in [1.807, 2.05) is 24.3 Å². The molecule has 6 heteroatoms. The van der Waals surface area contributed by atoms with E-state index in [4.69, 9.17) is 0 Å². The molecule has 1 aliphatic carbocycles. The number of carbonyl (C=O) groups is 1. The van der Waals surface area contributed by atoms with Gasteiger partial charge in [-0.15, -0.1) is 0 Å². The van der Waals surface area contributed by atoms with Gasteiger partial charge in [-0.1, -0.05) is 40.9 Å². The first-order valence-corrected chi connectivity index (χ1v) is 8.62. The van der Waals surface area contributed by atoms with Gasteiger partial charge in [0.25, 0.3) is 5.69 Å². The van der Waals surface area contributed by atoms with E-state index in [2.05, 4.69) is 21.2 Å². The number of amides is 1. The molecule has 0 unspecified atom stereocenters. The van der Waals surface area contributed by atoms with E-state index in [-0.39, 0.29) is 11.6 Å². The van der Waals surface area contributed by atoms with Crippen LogP contribution in [-0.2, 0) is 10.2 Å². The Bertz CT molecular complexity index is 751. The number of nitrogens with one attached hydrogen (secondary N) is 1. The normalized spacial score (nSPS) is 15.9. The number of benzene rings is 2. The first kappa shape index (κ1) is 16.6. The van der Waals surface area contributed by atoms with Gasteiger partial charge in [0.2, 0.25) is 5.91 Å². The quantitative estimate of drug-likeness (QED) is 0.603. The van der Waals surface area contributed by atoms with Gasteiger partial charge in [0.1, 0.15) is 0 Å². The first-order chi connectivity index (χ1) is 11.5. The molecule has 1 saturated carbocycles. The Morgan fingerprint density at radius 2 is 1.62 bits per heavy atom. The zero-order valence-corrected chi connectivity index (χ0v) is 14.6. The Balaban J connectivity index is 1.88. The Labute approximate surface area is 148 Å². The Kier molecular flexibility index (Phi) is 4.66. The molecule has 1 fully saturated rings. The summed E-state index contributed by atoms with van der Waals surface area (Å²) in [7, 11) is 0. The lowest BCUT2D eigenvalue weighted by atomic mass is 9.78. The molecule has 124 valence electrons. The molecule has 2 aromatic rings. The molecule has 1 N–H and O–H groups in total. The predicted octanol–water partition coefficient (Wildman–Crippen LogP) is 4.81. The summed E-state index contributed by atoms with van der Waals surface area (Å²) in [6.07, 6.45) is 3.47. The highest BCUT2D eigenvalue weighted by Crippen LogP contribution is 2.42. The summed E-state index contributed by atoms with van der Waals surface area (Å²) in [5, 5.41) is 13.8. The number of carbonyl (C=O) groups excluding carboxylic acids is 1. The molecule has 0 aromatic heterocycles. The van der Waals surface area contributed by atoms with E-state index >= 15 is 0 Å². The maximum absolute atomic E-state index is 13.0. The average molecular weight is 389 g/mol. The number of anilines is 1. The van der Waals surface area contributed by atoms with Gasteiger partial charge >= 0.3 is 0 Å². The standard InChI is InChI=1S/C18H17BrN2O3/c19-14-5-7-15(8-6-14)20-17(22)18(11-1-2-12-18)13-3-9-16(10-4-13)21(23)24/h3-10H,1-2,11-12H2,(H,20,22). The van der Waals surface area contributed by atoms with Crippen molar-refractivity contribution in [2.24, 2.45) is 0 Å². The third-order valence-corrected chi connectivity index (χ3v) is 5.15. The van der Waals surface area contributed by atoms with Crippen LogP contribution in [0, 0.1) is 10.1 Å². The summed E-state index contributed by atoms with van der Waals surface area (Å²) in [5.41, 5.74) is 1.03. The van der Waals surface area contributed by atoms with Crippen molar-refractivity contribution < 1.29 is 9.72 Å². The van der Waals surface area contributed by atoms with Crippen LogP contribution in [0.4, 0.5) is 11.4 Å². The zero-order valence-electron chi connectivity index (χ0n) is 13.0. The van der Waals surface area contributed by atoms with Gasteiger partial charge < -0.3 is 5.32 Å². The maximum atomic E-state index is 13.0. The highest BCUT2D eigenvalue weighted by atomic mass is 79.9. The number of nitro groups is 1.